The highest BCUT2D eigenvalue weighted by Crippen LogP contribution is 2.39. The predicted octanol–water partition coefficient (Wildman–Crippen LogP) is 6.69. The van der Waals surface area contributed by atoms with E-state index >= 15 is 0 Å². The number of aromatic nitrogens is 2. The zero-order chi connectivity index (χ0) is 22.2. The maximum Gasteiger partial charge on any atom is 0.416 e. The molecule has 158 valence electrons. The Hall–Kier alpha value is -3.12. The van der Waals surface area contributed by atoms with Gasteiger partial charge in [0.1, 0.15) is 11.3 Å². The Morgan fingerprint density at radius 1 is 1.03 bits per heavy atom. The normalized spacial score (nSPS) is 12.8. The lowest BCUT2D eigenvalue weighted by molar-refractivity contribution is -0.137. The van der Waals surface area contributed by atoms with Gasteiger partial charge in [-0.15, -0.1) is 0 Å². The topological polar surface area (TPSA) is 46.0 Å². The Kier molecular flexibility index (Phi) is 5.58. The van der Waals surface area contributed by atoms with Crippen LogP contribution in [0, 0.1) is 6.92 Å². The minimum absolute atomic E-state index is 0.00890. The van der Waals surface area contributed by atoms with Crippen molar-refractivity contribution in [1.29, 1.82) is 0 Å². The summed E-state index contributed by atoms with van der Waals surface area (Å²) in [5.41, 5.74) is 2.53. The summed E-state index contributed by atoms with van der Waals surface area (Å²) in [5.74, 6) is -0.421. The summed E-state index contributed by atoms with van der Waals surface area (Å²) in [4.78, 5) is 8.68. The van der Waals surface area contributed by atoms with Gasteiger partial charge in [0.2, 0.25) is 0 Å². The number of fused-ring (bicyclic) bond motifs is 1. The van der Waals surface area contributed by atoms with Crippen LogP contribution in [-0.4, -0.2) is 15.1 Å². The standard InChI is InChI=1S/C24H18ClF3N2O/c1-14-11-18(25)13-30-21(14)12-20(15-4-7-17(8-5-15)24(26,27)28)19-9-6-16-3-2-10-29-22(16)23(19)31/h2-11,13,20,31H,12H2,1H3. The van der Waals surface area contributed by atoms with Crippen LogP contribution in [0.15, 0.2) is 67.0 Å². The second-order valence-electron chi connectivity index (χ2n) is 7.37. The molecule has 4 rings (SSSR count). The van der Waals surface area contributed by atoms with Crippen molar-refractivity contribution in [3.8, 4) is 5.75 Å². The minimum atomic E-state index is -4.42. The monoisotopic (exact) mass is 442 g/mol. The summed E-state index contributed by atoms with van der Waals surface area (Å²) in [6.45, 7) is 1.87. The molecule has 0 radical (unpaired) electrons. The van der Waals surface area contributed by atoms with Crippen LogP contribution in [0.2, 0.25) is 5.02 Å². The van der Waals surface area contributed by atoms with Crippen LogP contribution < -0.4 is 0 Å². The number of nitrogens with zero attached hydrogens (tertiary/aromatic N) is 2. The lowest BCUT2D eigenvalue weighted by atomic mass is 9.85. The Balaban J connectivity index is 1.84. The van der Waals surface area contributed by atoms with Crippen LogP contribution in [0.4, 0.5) is 13.2 Å². The molecule has 0 aliphatic carbocycles. The largest absolute Gasteiger partial charge is 0.505 e. The summed E-state index contributed by atoms with van der Waals surface area (Å²) in [7, 11) is 0. The van der Waals surface area contributed by atoms with Gasteiger partial charge in [-0.1, -0.05) is 41.9 Å². The summed E-state index contributed by atoms with van der Waals surface area (Å²) < 4.78 is 39.1. The molecule has 0 saturated heterocycles. The first kappa shape index (κ1) is 21.1. The third-order valence-corrected chi connectivity index (χ3v) is 5.55. The number of hydrogen-bond donors (Lipinski definition) is 1. The Labute approximate surface area is 182 Å². The van der Waals surface area contributed by atoms with E-state index < -0.39 is 17.7 Å². The molecule has 0 spiro atoms. The second kappa shape index (κ2) is 8.19. The maximum atomic E-state index is 13.0. The van der Waals surface area contributed by atoms with Crippen LogP contribution in [0.3, 0.4) is 0 Å². The molecule has 3 nitrogen and oxygen atoms in total. The van der Waals surface area contributed by atoms with Gasteiger partial charge in [0.15, 0.2) is 0 Å². The van der Waals surface area contributed by atoms with Gasteiger partial charge >= 0.3 is 6.18 Å². The van der Waals surface area contributed by atoms with E-state index in [0.29, 0.717) is 28.1 Å². The third-order valence-electron chi connectivity index (χ3n) is 5.35. The molecule has 0 saturated carbocycles. The van der Waals surface area contributed by atoms with Gasteiger partial charge in [-0.25, -0.2) is 0 Å². The van der Waals surface area contributed by atoms with Gasteiger partial charge in [-0.2, -0.15) is 13.2 Å². The Morgan fingerprint density at radius 2 is 1.77 bits per heavy atom. The molecule has 0 fully saturated rings. The smallest absolute Gasteiger partial charge is 0.416 e. The van der Waals surface area contributed by atoms with E-state index in [4.69, 9.17) is 11.6 Å². The zero-order valence-corrected chi connectivity index (χ0v) is 17.2. The van der Waals surface area contributed by atoms with E-state index in [1.54, 1.807) is 24.4 Å². The van der Waals surface area contributed by atoms with Gasteiger partial charge in [0.05, 0.1) is 10.6 Å². The summed E-state index contributed by atoms with van der Waals surface area (Å²) in [6.07, 6.45) is -0.920. The molecule has 31 heavy (non-hydrogen) atoms. The van der Waals surface area contributed by atoms with Gasteiger partial charge in [-0.05, 0) is 42.3 Å². The first-order valence-corrected chi connectivity index (χ1v) is 9.96. The highest BCUT2D eigenvalue weighted by molar-refractivity contribution is 6.30. The van der Waals surface area contributed by atoms with Gasteiger partial charge in [0.25, 0.3) is 0 Å². The average Bonchev–Trinajstić information content (AvgIpc) is 2.74. The van der Waals surface area contributed by atoms with Gasteiger partial charge in [-0.3, -0.25) is 9.97 Å². The Bertz CT molecular complexity index is 1240. The van der Waals surface area contributed by atoms with Crippen molar-refractivity contribution in [3.05, 3.63) is 100.0 Å². The number of alkyl halides is 3. The minimum Gasteiger partial charge on any atom is -0.505 e. The van der Waals surface area contributed by atoms with Crippen molar-refractivity contribution in [1.82, 2.24) is 9.97 Å². The molecule has 2 aromatic carbocycles. The maximum absolute atomic E-state index is 13.0. The predicted molar refractivity (Wildman–Crippen MR) is 114 cm³/mol. The molecule has 0 amide bonds. The van der Waals surface area contributed by atoms with Crippen LogP contribution in [0.1, 0.15) is 33.9 Å². The molecular formula is C24H18ClF3N2O. The first-order chi connectivity index (χ1) is 14.7. The first-order valence-electron chi connectivity index (χ1n) is 9.59. The highest BCUT2D eigenvalue weighted by atomic mass is 35.5. The van der Waals surface area contributed by atoms with E-state index in [1.165, 1.54) is 18.3 Å². The number of hydrogen-bond acceptors (Lipinski definition) is 3. The number of halogens is 4. The lowest BCUT2D eigenvalue weighted by Gasteiger charge is -2.21. The van der Waals surface area contributed by atoms with Crippen molar-refractivity contribution < 1.29 is 18.3 Å². The fraction of sp³-hybridized carbons (Fsp3) is 0.167. The van der Waals surface area contributed by atoms with Gasteiger partial charge < -0.3 is 5.11 Å². The molecule has 1 N–H and O–H groups in total. The van der Waals surface area contributed by atoms with E-state index in [1.807, 2.05) is 19.1 Å². The zero-order valence-electron chi connectivity index (χ0n) is 16.5. The number of rotatable bonds is 4. The number of phenols is 1. The summed E-state index contributed by atoms with van der Waals surface area (Å²) >= 11 is 6.02. The van der Waals surface area contributed by atoms with E-state index in [2.05, 4.69) is 9.97 Å². The number of aromatic hydroxyl groups is 1. The molecule has 0 aliphatic heterocycles. The third kappa shape index (κ3) is 4.35. The van der Waals surface area contributed by atoms with Crippen molar-refractivity contribution in [3.63, 3.8) is 0 Å². The number of pyridine rings is 2. The van der Waals surface area contributed by atoms with E-state index in [-0.39, 0.29) is 5.75 Å². The van der Waals surface area contributed by atoms with Crippen LogP contribution in [-0.2, 0) is 12.6 Å². The van der Waals surface area contributed by atoms with Crippen LogP contribution >= 0.6 is 11.6 Å². The number of aryl methyl sites for hydroxylation is 1. The molecule has 1 atom stereocenters. The molecule has 0 aliphatic rings. The van der Waals surface area contributed by atoms with Crippen molar-refractivity contribution >= 4 is 22.5 Å². The van der Waals surface area contributed by atoms with Crippen LogP contribution in [0.5, 0.6) is 5.75 Å². The SMILES string of the molecule is Cc1cc(Cl)cnc1CC(c1ccc(C(F)(F)F)cc1)c1ccc2cccnc2c1O. The van der Waals surface area contributed by atoms with Crippen molar-refractivity contribution in [2.75, 3.05) is 0 Å². The number of phenolic OH excluding ortho intramolecular Hbond substituents is 1. The molecule has 0 bridgehead atoms. The fourth-order valence-corrected chi connectivity index (χ4v) is 3.93. The lowest BCUT2D eigenvalue weighted by Crippen LogP contribution is -2.10. The Morgan fingerprint density at radius 3 is 2.45 bits per heavy atom. The molecular weight excluding hydrogens is 425 g/mol. The molecule has 7 heteroatoms. The fourth-order valence-electron chi connectivity index (χ4n) is 3.71. The molecule has 2 heterocycles. The number of benzene rings is 2. The quantitative estimate of drug-likeness (QED) is 0.383. The highest BCUT2D eigenvalue weighted by Gasteiger charge is 2.31. The molecule has 4 aromatic rings. The van der Waals surface area contributed by atoms with E-state index in [9.17, 15) is 18.3 Å². The summed E-state index contributed by atoms with van der Waals surface area (Å²) in [5, 5.41) is 12.3. The van der Waals surface area contributed by atoms with E-state index in [0.717, 1.165) is 28.8 Å². The second-order valence-corrected chi connectivity index (χ2v) is 7.81. The van der Waals surface area contributed by atoms with Crippen LogP contribution in [0.25, 0.3) is 10.9 Å². The molecule has 2 aromatic heterocycles. The average molecular weight is 443 g/mol. The van der Waals surface area contributed by atoms with Gasteiger partial charge in [0, 0.05) is 41.4 Å². The molecule has 1 unspecified atom stereocenters. The van der Waals surface area contributed by atoms with Crippen molar-refractivity contribution in [2.45, 2.75) is 25.4 Å². The van der Waals surface area contributed by atoms with Crippen molar-refractivity contribution in [2.24, 2.45) is 0 Å². The summed E-state index contributed by atoms with van der Waals surface area (Å²) in [6, 6.07) is 14.0.